The molecule has 100 valence electrons. The number of thioether (sulfide) groups is 1. The van der Waals surface area contributed by atoms with Crippen LogP contribution in [0.25, 0.3) is 0 Å². The zero-order valence-corrected chi connectivity index (χ0v) is 12.1. The van der Waals surface area contributed by atoms with Crippen LogP contribution in [0.4, 0.5) is 0 Å². The largest absolute Gasteiger partial charge is 0.304 e. The summed E-state index contributed by atoms with van der Waals surface area (Å²) < 4.78 is 0. The van der Waals surface area contributed by atoms with Crippen molar-refractivity contribution >= 4 is 11.8 Å². The molecule has 4 nitrogen and oxygen atoms in total. The second-order valence-electron chi connectivity index (χ2n) is 4.89. The van der Waals surface area contributed by atoms with Gasteiger partial charge in [-0.05, 0) is 32.5 Å². The van der Waals surface area contributed by atoms with Gasteiger partial charge in [-0.25, -0.2) is 9.97 Å². The van der Waals surface area contributed by atoms with Gasteiger partial charge in [-0.15, -0.1) is 0 Å². The molecular formula is C13H22N4S. The minimum atomic E-state index is 0.902. The fourth-order valence-corrected chi connectivity index (χ4v) is 2.69. The van der Waals surface area contributed by atoms with Crippen molar-refractivity contribution in [2.45, 2.75) is 18.5 Å². The van der Waals surface area contributed by atoms with E-state index in [1.165, 1.54) is 39.1 Å². The van der Waals surface area contributed by atoms with E-state index in [0.717, 1.165) is 16.5 Å². The molecule has 18 heavy (non-hydrogen) atoms. The van der Waals surface area contributed by atoms with Gasteiger partial charge in [0.05, 0.1) is 0 Å². The molecule has 1 aliphatic heterocycles. The Balaban J connectivity index is 1.60. The molecule has 0 N–H and O–H groups in total. The monoisotopic (exact) mass is 266 g/mol. The third kappa shape index (κ3) is 4.55. The van der Waals surface area contributed by atoms with Crippen LogP contribution in [-0.4, -0.2) is 65.3 Å². The Bertz CT molecular complexity index is 347. The molecule has 1 fully saturated rings. The van der Waals surface area contributed by atoms with E-state index in [9.17, 15) is 0 Å². The maximum absolute atomic E-state index is 4.30. The van der Waals surface area contributed by atoms with Crippen molar-refractivity contribution in [3.8, 4) is 0 Å². The first-order chi connectivity index (χ1) is 8.74. The molecule has 2 heterocycles. The highest BCUT2D eigenvalue weighted by Gasteiger charge is 2.12. The lowest BCUT2D eigenvalue weighted by atomic mass is 10.3. The van der Waals surface area contributed by atoms with Crippen molar-refractivity contribution in [1.29, 1.82) is 0 Å². The van der Waals surface area contributed by atoms with E-state index < -0.39 is 0 Å². The van der Waals surface area contributed by atoms with Crippen molar-refractivity contribution < 1.29 is 0 Å². The molecule has 2 rings (SSSR count). The van der Waals surface area contributed by atoms with Crippen LogP contribution < -0.4 is 0 Å². The topological polar surface area (TPSA) is 32.3 Å². The minimum absolute atomic E-state index is 0.902. The number of hydrogen-bond donors (Lipinski definition) is 0. The van der Waals surface area contributed by atoms with Gasteiger partial charge in [0.25, 0.3) is 0 Å². The van der Waals surface area contributed by atoms with Gasteiger partial charge in [-0.2, -0.15) is 0 Å². The molecule has 0 atom stereocenters. The van der Waals surface area contributed by atoms with E-state index in [4.69, 9.17) is 0 Å². The second-order valence-corrected chi connectivity index (χ2v) is 5.95. The Hall–Kier alpha value is -0.650. The van der Waals surface area contributed by atoms with Gasteiger partial charge in [0.1, 0.15) is 0 Å². The molecule has 1 aromatic rings. The SMILES string of the molecule is Cc1cnc(SCCCN2CCN(C)CC2)nc1. The Morgan fingerprint density at radius 2 is 1.83 bits per heavy atom. The first-order valence-corrected chi connectivity index (χ1v) is 7.55. The molecule has 5 heteroatoms. The average Bonchev–Trinajstić information content (AvgIpc) is 2.39. The van der Waals surface area contributed by atoms with E-state index in [2.05, 4.69) is 26.8 Å². The Morgan fingerprint density at radius 1 is 1.17 bits per heavy atom. The van der Waals surface area contributed by atoms with Gasteiger partial charge < -0.3 is 9.80 Å². The summed E-state index contributed by atoms with van der Waals surface area (Å²) in [5, 5.41) is 0.902. The van der Waals surface area contributed by atoms with Crippen molar-refractivity contribution in [2.75, 3.05) is 45.5 Å². The van der Waals surface area contributed by atoms with Gasteiger partial charge >= 0.3 is 0 Å². The lowest BCUT2D eigenvalue weighted by molar-refractivity contribution is 0.154. The molecule has 0 bridgehead atoms. The molecular weight excluding hydrogens is 244 g/mol. The van der Waals surface area contributed by atoms with Crippen molar-refractivity contribution in [3.05, 3.63) is 18.0 Å². The molecule has 1 saturated heterocycles. The summed E-state index contributed by atoms with van der Waals surface area (Å²) in [6.45, 7) is 8.04. The summed E-state index contributed by atoms with van der Waals surface area (Å²) in [5.74, 6) is 1.11. The molecule has 0 saturated carbocycles. The summed E-state index contributed by atoms with van der Waals surface area (Å²) in [6.07, 6.45) is 4.98. The predicted molar refractivity (Wildman–Crippen MR) is 76.0 cm³/mol. The number of likely N-dealkylation sites (N-methyl/N-ethyl adjacent to an activating group) is 1. The maximum Gasteiger partial charge on any atom is 0.187 e. The third-order valence-electron chi connectivity index (χ3n) is 3.20. The smallest absolute Gasteiger partial charge is 0.187 e. The zero-order valence-electron chi connectivity index (χ0n) is 11.3. The summed E-state index contributed by atoms with van der Waals surface area (Å²) in [5.41, 5.74) is 1.12. The van der Waals surface area contributed by atoms with E-state index in [0.29, 0.717) is 0 Å². The highest BCUT2D eigenvalue weighted by molar-refractivity contribution is 7.99. The van der Waals surface area contributed by atoms with Crippen LogP contribution in [0.5, 0.6) is 0 Å². The predicted octanol–water partition coefficient (Wildman–Crippen LogP) is 1.51. The van der Waals surface area contributed by atoms with Crippen LogP contribution in [0.15, 0.2) is 17.6 Å². The first-order valence-electron chi connectivity index (χ1n) is 6.56. The van der Waals surface area contributed by atoms with Gasteiger partial charge in [0.15, 0.2) is 5.16 Å². The first kappa shape index (κ1) is 13.8. The van der Waals surface area contributed by atoms with Crippen LogP contribution in [0.3, 0.4) is 0 Å². The fraction of sp³-hybridized carbons (Fsp3) is 0.692. The van der Waals surface area contributed by atoms with Gasteiger partial charge in [0, 0.05) is 44.3 Å². The van der Waals surface area contributed by atoms with Crippen molar-refractivity contribution in [1.82, 2.24) is 19.8 Å². The molecule has 1 aliphatic rings. The molecule has 0 aromatic carbocycles. The zero-order chi connectivity index (χ0) is 12.8. The lowest BCUT2D eigenvalue weighted by Gasteiger charge is -2.32. The number of rotatable bonds is 5. The van der Waals surface area contributed by atoms with Crippen LogP contribution in [-0.2, 0) is 0 Å². The maximum atomic E-state index is 4.30. The molecule has 0 aliphatic carbocycles. The number of hydrogen-bond acceptors (Lipinski definition) is 5. The van der Waals surface area contributed by atoms with E-state index in [1.807, 2.05) is 19.3 Å². The Labute approximate surface area is 114 Å². The summed E-state index contributed by atoms with van der Waals surface area (Å²) in [7, 11) is 2.20. The minimum Gasteiger partial charge on any atom is -0.304 e. The van der Waals surface area contributed by atoms with Crippen LogP contribution in [0, 0.1) is 6.92 Å². The molecule has 0 spiro atoms. The van der Waals surface area contributed by atoms with Crippen molar-refractivity contribution in [3.63, 3.8) is 0 Å². The Morgan fingerprint density at radius 3 is 2.50 bits per heavy atom. The van der Waals surface area contributed by atoms with Crippen molar-refractivity contribution in [2.24, 2.45) is 0 Å². The van der Waals surface area contributed by atoms with Crippen LogP contribution in [0.1, 0.15) is 12.0 Å². The average molecular weight is 266 g/mol. The van der Waals surface area contributed by atoms with Gasteiger partial charge in [-0.3, -0.25) is 0 Å². The summed E-state index contributed by atoms with van der Waals surface area (Å²) in [6, 6.07) is 0. The summed E-state index contributed by atoms with van der Waals surface area (Å²) in [4.78, 5) is 13.6. The summed E-state index contributed by atoms with van der Waals surface area (Å²) >= 11 is 1.76. The standard InChI is InChI=1S/C13H22N4S/c1-12-10-14-13(15-11-12)18-9-3-4-17-7-5-16(2)6-8-17/h10-11H,3-9H2,1-2H3. The van der Waals surface area contributed by atoms with E-state index in [-0.39, 0.29) is 0 Å². The molecule has 0 unspecified atom stereocenters. The lowest BCUT2D eigenvalue weighted by Crippen LogP contribution is -2.44. The van der Waals surface area contributed by atoms with Gasteiger partial charge in [-0.1, -0.05) is 11.8 Å². The molecule has 0 radical (unpaired) electrons. The van der Waals surface area contributed by atoms with E-state index >= 15 is 0 Å². The van der Waals surface area contributed by atoms with Crippen LogP contribution in [0.2, 0.25) is 0 Å². The number of aromatic nitrogens is 2. The van der Waals surface area contributed by atoms with Gasteiger partial charge in [0.2, 0.25) is 0 Å². The molecule has 0 amide bonds. The molecule has 1 aromatic heterocycles. The Kier molecular flexibility index (Phi) is 5.41. The van der Waals surface area contributed by atoms with E-state index in [1.54, 1.807) is 11.8 Å². The highest BCUT2D eigenvalue weighted by atomic mass is 32.2. The number of piperazine rings is 1. The number of aryl methyl sites for hydroxylation is 1. The number of nitrogens with zero attached hydrogens (tertiary/aromatic N) is 4. The third-order valence-corrected chi connectivity index (χ3v) is 4.16. The van der Waals surface area contributed by atoms with Crippen LogP contribution >= 0.6 is 11.8 Å². The quantitative estimate of drug-likeness (QED) is 0.458. The second kappa shape index (κ2) is 7.07. The normalized spacial score (nSPS) is 18.1. The highest BCUT2D eigenvalue weighted by Crippen LogP contribution is 2.13. The fourth-order valence-electron chi connectivity index (χ4n) is 1.98.